The van der Waals surface area contributed by atoms with Crippen LogP contribution in [0, 0.1) is 0 Å². The lowest BCUT2D eigenvalue weighted by Crippen LogP contribution is -2.30. The fourth-order valence-corrected chi connectivity index (χ4v) is 8.72. The first-order valence-electron chi connectivity index (χ1n) is 30.3. The van der Waals surface area contributed by atoms with Gasteiger partial charge in [0.15, 0.2) is 6.10 Å². The number of carbonyl (C=O) groups excluding carboxylic acids is 3. The van der Waals surface area contributed by atoms with Gasteiger partial charge in [-0.05, 0) is 83.5 Å². The first kappa shape index (κ1) is 67.1. The number of carbonyl (C=O) groups is 3. The maximum absolute atomic E-state index is 12.9. The van der Waals surface area contributed by atoms with E-state index in [0.717, 1.165) is 96.3 Å². The van der Waals surface area contributed by atoms with Crippen molar-refractivity contribution in [2.75, 3.05) is 13.2 Å². The zero-order chi connectivity index (χ0) is 50.7. The Bertz CT molecular complexity index is 1260. The number of ether oxygens (including phenoxy) is 3. The lowest BCUT2D eigenvalue weighted by Gasteiger charge is -2.18. The Balaban J connectivity index is 4.36. The molecular formula is C64H114O6. The predicted molar refractivity (Wildman–Crippen MR) is 302 cm³/mol. The fourth-order valence-electron chi connectivity index (χ4n) is 8.72. The van der Waals surface area contributed by atoms with Crippen LogP contribution in [0.5, 0.6) is 0 Å². The molecule has 0 rings (SSSR count). The normalized spacial score (nSPS) is 12.4. The van der Waals surface area contributed by atoms with Gasteiger partial charge in [0.1, 0.15) is 13.2 Å². The Morgan fingerprint density at radius 3 is 0.886 bits per heavy atom. The van der Waals surface area contributed by atoms with Crippen LogP contribution < -0.4 is 0 Å². The summed E-state index contributed by atoms with van der Waals surface area (Å²) >= 11 is 0. The quantitative estimate of drug-likeness (QED) is 0.0261. The molecule has 70 heavy (non-hydrogen) atoms. The summed E-state index contributed by atoms with van der Waals surface area (Å²) in [6.45, 7) is 6.54. The summed E-state index contributed by atoms with van der Waals surface area (Å²) in [6, 6.07) is 0. The zero-order valence-corrected chi connectivity index (χ0v) is 46.5. The predicted octanol–water partition coefficient (Wildman–Crippen LogP) is 20.4. The molecule has 0 heterocycles. The van der Waals surface area contributed by atoms with E-state index in [4.69, 9.17) is 14.2 Å². The second kappa shape index (κ2) is 58.7. The summed E-state index contributed by atoms with van der Waals surface area (Å²) in [7, 11) is 0. The summed E-state index contributed by atoms with van der Waals surface area (Å²) in [6.07, 6.45) is 73.6. The highest BCUT2D eigenvalue weighted by Gasteiger charge is 2.19. The lowest BCUT2D eigenvalue weighted by molar-refractivity contribution is -0.167. The largest absolute Gasteiger partial charge is 0.462 e. The van der Waals surface area contributed by atoms with E-state index >= 15 is 0 Å². The number of esters is 3. The Morgan fingerprint density at radius 2 is 0.557 bits per heavy atom. The van der Waals surface area contributed by atoms with Crippen molar-refractivity contribution in [3.63, 3.8) is 0 Å². The van der Waals surface area contributed by atoms with Crippen LogP contribution in [0.25, 0.3) is 0 Å². The van der Waals surface area contributed by atoms with Crippen molar-refractivity contribution in [2.45, 2.75) is 316 Å². The molecule has 1 atom stereocenters. The van der Waals surface area contributed by atoms with Gasteiger partial charge in [-0.25, -0.2) is 0 Å². The van der Waals surface area contributed by atoms with E-state index in [1.165, 1.54) is 173 Å². The maximum Gasteiger partial charge on any atom is 0.306 e. The molecule has 0 aromatic carbocycles. The van der Waals surface area contributed by atoms with Crippen LogP contribution in [-0.2, 0) is 28.6 Å². The Morgan fingerprint density at radius 1 is 0.300 bits per heavy atom. The zero-order valence-electron chi connectivity index (χ0n) is 46.5. The first-order chi connectivity index (χ1) is 34.5. The van der Waals surface area contributed by atoms with E-state index in [-0.39, 0.29) is 31.1 Å². The van der Waals surface area contributed by atoms with E-state index in [9.17, 15) is 14.4 Å². The Kier molecular flexibility index (Phi) is 56.3. The molecule has 0 spiro atoms. The third-order valence-corrected chi connectivity index (χ3v) is 13.3. The molecule has 0 fully saturated rings. The molecule has 0 radical (unpaired) electrons. The van der Waals surface area contributed by atoms with E-state index in [0.29, 0.717) is 19.3 Å². The average Bonchev–Trinajstić information content (AvgIpc) is 3.36. The minimum absolute atomic E-state index is 0.0820. The molecule has 0 aliphatic rings. The summed E-state index contributed by atoms with van der Waals surface area (Å²) in [5, 5.41) is 0. The van der Waals surface area contributed by atoms with Crippen molar-refractivity contribution in [1.82, 2.24) is 0 Å². The monoisotopic (exact) mass is 979 g/mol. The van der Waals surface area contributed by atoms with Gasteiger partial charge in [0.25, 0.3) is 0 Å². The topological polar surface area (TPSA) is 78.9 Å². The van der Waals surface area contributed by atoms with Crippen molar-refractivity contribution in [2.24, 2.45) is 0 Å². The lowest BCUT2D eigenvalue weighted by atomic mass is 10.0. The Hall–Kier alpha value is -2.89. The van der Waals surface area contributed by atoms with Crippen LogP contribution in [0.2, 0.25) is 0 Å². The number of allylic oxidation sites excluding steroid dienone is 10. The molecule has 1 unspecified atom stereocenters. The van der Waals surface area contributed by atoms with Gasteiger partial charge in [0, 0.05) is 19.3 Å². The average molecular weight is 980 g/mol. The van der Waals surface area contributed by atoms with E-state index in [2.05, 4.69) is 81.5 Å². The molecule has 0 aromatic heterocycles. The minimum Gasteiger partial charge on any atom is -0.462 e. The summed E-state index contributed by atoms with van der Waals surface area (Å²) < 4.78 is 16.9. The molecule has 0 aromatic rings. The van der Waals surface area contributed by atoms with Gasteiger partial charge in [-0.1, -0.05) is 268 Å². The van der Waals surface area contributed by atoms with E-state index in [1.807, 2.05) is 0 Å². The highest BCUT2D eigenvalue weighted by Crippen LogP contribution is 2.16. The number of rotatable bonds is 55. The van der Waals surface area contributed by atoms with Crippen molar-refractivity contribution < 1.29 is 28.6 Å². The van der Waals surface area contributed by atoms with Gasteiger partial charge < -0.3 is 14.2 Å². The summed E-state index contributed by atoms with van der Waals surface area (Å²) in [4.78, 5) is 38.2. The molecule has 0 amide bonds. The first-order valence-corrected chi connectivity index (χ1v) is 30.3. The highest BCUT2D eigenvalue weighted by atomic mass is 16.6. The molecule has 6 nitrogen and oxygen atoms in total. The molecule has 0 saturated heterocycles. The number of hydrogen-bond donors (Lipinski definition) is 0. The summed E-state index contributed by atoms with van der Waals surface area (Å²) in [5.41, 5.74) is 0. The number of hydrogen-bond acceptors (Lipinski definition) is 6. The molecule has 6 heteroatoms. The van der Waals surface area contributed by atoms with E-state index in [1.54, 1.807) is 0 Å². The van der Waals surface area contributed by atoms with Gasteiger partial charge >= 0.3 is 17.9 Å². The molecule has 406 valence electrons. The number of unbranched alkanes of at least 4 members (excludes halogenated alkanes) is 34. The van der Waals surface area contributed by atoms with Crippen molar-refractivity contribution in [3.05, 3.63) is 60.8 Å². The molecule has 0 aliphatic carbocycles. The van der Waals surface area contributed by atoms with Crippen LogP contribution in [-0.4, -0.2) is 37.2 Å². The van der Waals surface area contributed by atoms with Gasteiger partial charge in [-0.3, -0.25) is 14.4 Å². The molecule has 0 aliphatic heterocycles. The molecular weight excluding hydrogens is 865 g/mol. The molecule has 0 saturated carbocycles. The van der Waals surface area contributed by atoms with Gasteiger partial charge in [-0.2, -0.15) is 0 Å². The third-order valence-electron chi connectivity index (χ3n) is 13.3. The Labute approximate surface area is 434 Å². The van der Waals surface area contributed by atoms with Gasteiger partial charge in [0.2, 0.25) is 0 Å². The fraction of sp³-hybridized carbons (Fsp3) is 0.797. The van der Waals surface area contributed by atoms with Crippen LogP contribution in [0.1, 0.15) is 310 Å². The van der Waals surface area contributed by atoms with Crippen molar-refractivity contribution >= 4 is 17.9 Å². The smallest absolute Gasteiger partial charge is 0.306 e. The standard InChI is InChI=1S/C64H114O6/c1-4-7-10-13-16-19-22-25-28-30-31-32-33-35-36-39-42-45-48-51-54-57-63(66)69-60-61(59-68-62(65)56-53-50-47-44-41-38-27-24-21-18-15-12-9-6-3)70-64(67)58-55-52-49-46-43-40-37-34-29-26-23-20-17-14-11-8-5-2/h8,11,17,20,26,29-31,37,40,61H,4-7,9-10,12-16,18-19,21-25,27-28,32-36,38-39,41-60H2,1-3H3/b11-8-,20-17-,29-26-,31-30-,40-37-. The minimum atomic E-state index is -0.786. The van der Waals surface area contributed by atoms with E-state index < -0.39 is 6.10 Å². The maximum atomic E-state index is 12.9. The second-order valence-corrected chi connectivity index (χ2v) is 20.2. The van der Waals surface area contributed by atoms with Crippen molar-refractivity contribution in [3.8, 4) is 0 Å². The SMILES string of the molecule is CC/C=C\C/C=C\C/C=C\C/C=C\CCCCCCC(=O)OC(COC(=O)CCCCCCCCCCC/C=C\CCCCCCCCCC)COC(=O)CCCCCCCCCCCCCCCC. The van der Waals surface area contributed by atoms with Crippen LogP contribution in [0.3, 0.4) is 0 Å². The third kappa shape index (κ3) is 56.0. The molecule has 0 bridgehead atoms. The van der Waals surface area contributed by atoms with Crippen LogP contribution >= 0.6 is 0 Å². The van der Waals surface area contributed by atoms with Crippen LogP contribution in [0.4, 0.5) is 0 Å². The molecule has 0 N–H and O–H groups in total. The van der Waals surface area contributed by atoms with Gasteiger partial charge in [-0.15, -0.1) is 0 Å². The second-order valence-electron chi connectivity index (χ2n) is 20.2. The summed E-state index contributed by atoms with van der Waals surface area (Å²) in [5.74, 6) is -0.893. The van der Waals surface area contributed by atoms with Crippen LogP contribution in [0.15, 0.2) is 60.8 Å². The van der Waals surface area contributed by atoms with Gasteiger partial charge in [0.05, 0.1) is 0 Å². The van der Waals surface area contributed by atoms with Crippen molar-refractivity contribution in [1.29, 1.82) is 0 Å². The highest BCUT2D eigenvalue weighted by molar-refractivity contribution is 5.71.